The van der Waals surface area contributed by atoms with Gasteiger partial charge in [-0.05, 0) is 31.0 Å². The van der Waals surface area contributed by atoms with E-state index < -0.39 is 0 Å². The molecule has 1 N–H and O–H groups in total. The molecule has 2 aliphatic rings. The zero-order valence-electron chi connectivity index (χ0n) is 19.7. The molecule has 7 nitrogen and oxygen atoms in total. The van der Waals surface area contributed by atoms with Crippen LogP contribution in [0.25, 0.3) is 0 Å². The van der Waals surface area contributed by atoms with E-state index in [1.54, 1.807) is 0 Å². The lowest BCUT2D eigenvalue weighted by Gasteiger charge is -2.34. The summed E-state index contributed by atoms with van der Waals surface area (Å²) in [7, 11) is 1.86. The fourth-order valence-electron chi connectivity index (χ4n) is 4.53. The third kappa shape index (κ3) is 7.43. The number of hydrogen-bond acceptors (Lipinski definition) is 5. The van der Waals surface area contributed by atoms with Gasteiger partial charge in [0.05, 0.1) is 32.5 Å². The molecule has 182 valence electrons. The van der Waals surface area contributed by atoms with Gasteiger partial charge in [0.1, 0.15) is 11.5 Å². The molecular weight excluding hydrogens is 531 g/mol. The van der Waals surface area contributed by atoms with Gasteiger partial charge in [-0.25, -0.2) is 0 Å². The van der Waals surface area contributed by atoms with E-state index in [1.807, 2.05) is 26.1 Å². The second-order valence-corrected chi connectivity index (χ2v) is 8.64. The molecule has 2 unspecified atom stereocenters. The van der Waals surface area contributed by atoms with E-state index in [9.17, 15) is 0 Å². The highest BCUT2D eigenvalue weighted by Crippen LogP contribution is 2.24. The van der Waals surface area contributed by atoms with Gasteiger partial charge in [-0.3, -0.25) is 9.89 Å². The van der Waals surface area contributed by atoms with Gasteiger partial charge in [0.15, 0.2) is 5.96 Å². The number of aliphatic imine (C=N–C) groups is 1. The first-order valence-corrected chi connectivity index (χ1v) is 11.7. The Bertz CT molecular complexity index is 854. The molecule has 4 rings (SSSR count). The predicted octanol–water partition coefficient (Wildman–Crippen LogP) is 3.69. The number of guanidine groups is 1. The van der Waals surface area contributed by atoms with Crippen LogP contribution in [0.5, 0.6) is 0 Å². The number of morpholine rings is 1. The maximum atomic E-state index is 6.00. The number of furan rings is 1. The Morgan fingerprint density at radius 2 is 1.94 bits per heavy atom. The fourth-order valence-corrected chi connectivity index (χ4v) is 4.53. The number of rotatable bonds is 8. The van der Waals surface area contributed by atoms with Gasteiger partial charge < -0.3 is 24.1 Å². The van der Waals surface area contributed by atoms with Crippen LogP contribution in [0.3, 0.4) is 0 Å². The Hall–Kier alpha value is -1.62. The highest BCUT2D eigenvalue weighted by Gasteiger charge is 2.28. The van der Waals surface area contributed by atoms with Crippen LogP contribution in [0.1, 0.15) is 29.5 Å². The Labute approximate surface area is 214 Å². The molecule has 2 atom stereocenters. The van der Waals surface area contributed by atoms with Gasteiger partial charge in [-0.15, -0.1) is 24.0 Å². The molecule has 0 aliphatic carbocycles. The topological polar surface area (TPSA) is 62.5 Å². The first-order valence-electron chi connectivity index (χ1n) is 11.7. The van der Waals surface area contributed by atoms with Crippen molar-refractivity contribution in [2.24, 2.45) is 10.9 Å². The maximum absolute atomic E-state index is 6.00. The quantitative estimate of drug-likeness (QED) is 0.298. The summed E-state index contributed by atoms with van der Waals surface area (Å²) in [4.78, 5) is 9.35. The molecule has 33 heavy (non-hydrogen) atoms. The van der Waals surface area contributed by atoms with Crippen molar-refractivity contribution in [3.05, 3.63) is 59.5 Å². The highest BCUT2D eigenvalue weighted by molar-refractivity contribution is 14.0. The standard InChI is InChI=1S/C25H36N4O3.HI/c1-20-8-9-24(32-20)23(28-12-14-30-15-13-28)16-27-25(26-2)29-11-10-22(17-29)19-31-18-21-6-4-3-5-7-21;/h3-9,22-23H,10-19H2,1-2H3,(H,26,27);1H. The molecular formula is C25H37IN4O3. The monoisotopic (exact) mass is 568 g/mol. The average molecular weight is 569 g/mol. The lowest BCUT2D eigenvalue weighted by molar-refractivity contribution is 0.0123. The molecule has 2 aliphatic heterocycles. The molecule has 2 aromatic rings. The van der Waals surface area contributed by atoms with Crippen LogP contribution in [-0.2, 0) is 16.1 Å². The normalized spacial score (nSPS) is 20.5. The number of nitrogens with zero attached hydrogens (tertiary/aromatic N) is 3. The van der Waals surface area contributed by atoms with Crippen molar-refractivity contribution in [2.45, 2.75) is 26.0 Å². The number of ether oxygens (including phenoxy) is 2. The minimum Gasteiger partial charge on any atom is -0.465 e. The predicted molar refractivity (Wildman–Crippen MR) is 141 cm³/mol. The van der Waals surface area contributed by atoms with Gasteiger partial charge >= 0.3 is 0 Å². The second-order valence-electron chi connectivity index (χ2n) is 8.64. The van der Waals surface area contributed by atoms with E-state index >= 15 is 0 Å². The summed E-state index contributed by atoms with van der Waals surface area (Å²) < 4.78 is 17.5. The second kappa shape index (κ2) is 13.3. The average Bonchev–Trinajstić information content (AvgIpc) is 3.47. The summed E-state index contributed by atoms with van der Waals surface area (Å²) in [5.41, 5.74) is 1.22. The van der Waals surface area contributed by atoms with E-state index in [1.165, 1.54) is 5.56 Å². The summed E-state index contributed by atoms with van der Waals surface area (Å²) in [5.74, 6) is 3.43. The summed E-state index contributed by atoms with van der Waals surface area (Å²) in [6.45, 7) is 9.53. The molecule has 8 heteroatoms. The van der Waals surface area contributed by atoms with Crippen molar-refractivity contribution in [3.63, 3.8) is 0 Å². The molecule has 0 amide bonds. The van der Waals surface area contributed by atoms with Gasteiger partial charge in [0.2, 0.25) is 0 Å². The van der Waals surface area contributed by atoms with Gasteiger partial charge in [-0.2, -0.15) is 0 Å². The van der Waals surface area contributed by atoms with E-state index in [4.69, 9.17) is 13.9 Å². The first kappa shape index (κ1) is 26.0. The molecule has 2 fully saturated rings. The van der Waals surface area contributed by atoms with Crippen LogP contribution < -0.4 is 5.32 Å². The number of hydrogen-bond donors (Lipinski definition) is 1. The number of likely N-dealkylation sites (tertiary alicyclic amines) is 1. The Kier molecular flexibility index (Phi) is 10.5. The number of nitrogens with one attached hydrogen (secondary N) is 1. The Morgan fingerprint density at radius 1 is 1.15 bits per heavy atom. The lowest BCUT2D eigenvalue weighted by Crippen LogP contribution is -2.47. The van der Waals surface area contributed by atoms with Crippen LogP contribution in [0, 0.1) is 12.8 Å². The Morgan fingerprint density at radius 3 is 2.64 bits per heavy atom. The van der Waals surface area contributed by atoms with E-state index in [-0.39, 0.29) is 30.0 Å². The first-order chi connectivity index (χ1) is 15.7. The maximum Gasteiger partial charge on any atom is 0.193 e. The van der Waals surface area contributed by atoms with E-state index in [0.717, 1.165) is 76.4 Å². The van der Waals surface area contributed by atoms with Gasteiger partial charge in [-0.1, -0.05) is 30.3 Å². The lowest BCUT2D eigenvalue weighted by atomic mass is 10.1. The number of aryl methyl sites for hydroxylation is 1. The van der Waals surface area contributed by atoms with Crippen molar-refractivity contribution >= 4 is 29.9 Å². The molecule has 0 bridgehead atoms. The molecule has 0 spiro atoms. The summed E-state index contributed by atoms with van der Waals surface area (Å²) in [5, 5.41) is 3.61. The zero-order valence-corrected chi connectivity index (χ0v) is 22.1. The SMILES string of the molecule is CN=C(NCC(c1ccc(C)o1)N1CCOCC1)N1CCC(COCc2ccccc2)C1.I. The van der Waals surface area contributed by atoms with Crippen molar-refractivity contribution in [1.29, 1.82) is 0 Å². The number of benzene rings is 1. The van der Waals surface area contributed by atoms with Crippen molar-refractivity contribution in [2.75, 3.05) is 59.6 Å². The van der Waals surface area contributed by atoms with Crippen molar-refractivity contribution < 1.29 is 13.9 Å². The van der Waals surface area contributed by atoms with E-state index in [0.29, 0.717) is 12.5 Å². The zero-order chi connectivity index (χ0) is 22.2. The summed E-state index contributed by atoms with van der Waals surface area (Å²) in [6.07, 6.45) is 1.12. The molecule has 1 aromatic carbocycles. The van der Waals surface area contributed by atoms with Crippen LogP contribution >= 0.6 is 24.0 Å². The molecule has 0 saturated carbocycles. The third-order valence-corrected chi connectivity index (χ3v) is 6.29. The van der Waals surface area contributed by atoms with Crippen molar-refractivity contribution in [3.8, 4) is 0 Å². The summed E-state index contributed by atoms with van der Waals surface area (Å²) >= 11 is 0. The Balaban J connectivity index is 0.00000306. The molecule has 2 saturated heterocycles. The van der Waals surface area contributed by atoms with E-state index in [2.05, 4.69) is 50.4 Å². The fraction of sp³-hybridized carbons (Fsp3) is 0.560. The summed E-state index contributed by atoms with van der Waals surface area (Å²) in [6, 6.07) is 14.7. The molecule has 1 aromatic heterocycles. The minimum absolute atomic E-state index is 0. The van der Waals surface area contributed by atoms with Gasteiger partial charge in [0, 0.05) is 45.7 Å². The largest absolute Gasteiger partial charge is 0.465 e. The smallest absolute Gasteiger partial charge is 0.193 e. The molecule has 0 radical (unpaired) electrons. The number of halogens is 1. The van der Waals surface area contributed by atoms with Crippen LogP contribution in [0.15, 0.2) is 51.9 Å². The van der Waals surface area contributed by atoms with Crippen LogP contribution in [0.4, 0.5) is 0 Å². The van der Waals surface area contributed by atoms with Crippen LogP contribution in [-0.4, -0.2) is 75.4 Å². The van der Waals surface area contributed by atoms with Crippen molar-refractivity contribution in [1.82, 2.24) is 15.1 Å². The minimum atomic E-state index is 0. The van der Waals surface area contributed by atoms with Crippen LogP contribution in [0.2, 0.25) is 0 Å². The third-order valence-electron chi connectivity index (χ3n) is 6.29. The highest BCUT2D eigenvalue weighted by atomic mass is 127. The van der Waals surface area contributed by atoms with Gasteiger partial charge in [0.25, 0.3) is 0 Å². The molecule has 3 heterocycles.